The van der Waals surface area contributed by atoms with Gasteiger partial charge in [-0.1, -0.05) is 18.2 Å². The molecule has 0 unspecified atom stereocenters. The molecule has 0 aliphatic heterocycles. The van der Waals surface area contributed by atoms with Crippen LogP contribution in [0.4, 0.5) is 8.78 Å². The zero-order valence-corrected chi connectivity index (χ0v) is 10.2. The van der Waals surface area contributed by atoms with Crippen LogP contribution in [0, 0.1) is 0 Å². The molecule has 0 bridgehead atoms. The van der Waals surface area contributed by atoms with Gasteiger partial charge >= 0.3 is 6.61 Å². The lowest BCUT2D eigenvalue weighted by atomic mass is 10.0. The Morgan fingerprint density at radius 1 is 1.11 bits per heavy atom. The van der Waals surface area contributed by atoms with Crippen LogP contribution in [0.15, 0.2) is 24.3 Å². The molecule has 108 valence electrons. The number of rotatable bonds is 8. The van der Waals surface area contributed by atoms with Crippen molar-refractivity contribution in [3.63, 3.8) is 0 Å². The summed E-state index contributed by atoms with van der Waals surface area (Å²) >= 11 is 0. The predicted octanol–water partition coefficient (Wildman–Crippen LogP) is 0.0933. The van der Waals surface area contributed by atoms with E-state index in [0.717, 1.165) is 0 Å². The highest BCUT2D eigenvalue weighted by molar-refractivity contribution is 5.33. The van der Waals surface area contributed by atoms with Crippen molar-refractivity contribution in [2.45, 2.75) is 18.7 Å². The monoisotopic (exact) mass is 277 g/mol. The molecule has 7 heteroatoms. The lowest BCUT2D eigenvalue weighted by Crippen LogP contribution is -2.54. The van der Waals surface area contributed by atoms with Gasteiger partial charge in [0.1, 0.15) is 5.75 Å². The highest BCUT2D eigenvalue weighted by Gasteiger charge is 2.27. The fraction of sp³-hybridized carbons (Fsp3) is 0.500. The zero-order chi connectivity index (χ0) is 14.3. The van der Waals surface area contributed by atoms with Crippen LogP contribution in [0.25, 0.3) is 0 Å². The van der Waals surface area contributed by atoms with E-state index in [1.165, 1.54) is 6.07 Å². The summed E-state index contributed by atoms with van der Waals surface area (Å²) in [5.74, 6) is 0.00715. The number of para-hydroxylation sites is 1. The second-order valence-corrected chi connectivity index (χ2v) is 4.09. The number of alkyl halides is 2. The average Bonchev–Trinajstić information content (AvgIpc) is 2.42. The van der Waals surface area contributed by atoms with Crippen molar-refractivity contribution in [1.29, 1.82) is 0 Å². The first-order valence-electron chi connectivity index (χ1n) is 5.67. The summed E-state index contributed by atoms with van der Waals surface area (Å²) < 4.78 is 28.8. The Bertz CT molecular complexity index is 377. The minimum absolute atomic E-state index is 0.00715. The van der Waals surface area contributed by atoms with Crippen molar-refractivity contribution in [2.75, 3.05) is 19.8 Å². The summed E-state index contributed by atoms with van der Waals surface area (Å²) in [5.41, 5.74) is -0.833. The number of nitrogens with one attached hydrogen (secondary N) is 1. The third-order valence-electron chi connectivity index (χ3n) is 2.75. The topological polar surface area (TPSA) is 82.0 Å². The van der Waals surface area contributed by atoms with Crippen LogP contribution in [0.3, 0.4) is 0 Å². The van der Waals surface area contributed by atoms with E-state index in [9.17, 15) is 8.78 Å². The van der Waals surface area contributed by atoms with Gasteiger partial charge in [0.15, 0.2) is 0 Å². The molecule has 0 aromatic heterocycles. The molecule has 4 N–H and O–H groups in total. The summed E-state index contributed by atoms with van der Waals surface area (Å²) in [5, 5.41) is 30.1. The number of ether oxygens (including phenoxy) is 1. The molecule has 0 saturated heterocycles. The van der Waals surface area contributed by atoms with Gasteiger partial charge in [-0.25, -0.2) is 0 Å². The summed E-state index contributed by atoms with van der Waals surface area (Å²) in [6.07, 6.45) is 0. The fourth-order valence-corrected chi connectivity index (χ4v) is 1.46. The molecule has 0 aliphatic carbocycles. The van der Waals surface area contributed by atoms with E-state index in [1.54, 1.807) is 18.2 Å². The van der Waals surface area contributed by atoms with E-state index in [4.69, 9.17) is 15.3 Å². The first kappa shape index (κ1) is 15.8. The second-order valence-electron chi connectivity index (χ2n) is 4.09. The lowest BCUT2D eigenvalue weighted by molar-refractivity contribution is -0.0507. The highest BCUT2D eigenvalue weighted by atomic mass is 19.3. The molecule has 0 spiro atoms. The Morgan fingerprint density at radius 3 is 2.21 bits per heavy atom. The first-order chi connectivity index (χ1) is 9.06. The summed E-state index contributed by atoms with van der Waals surface area (Å²) in [4.78, 5) is 0. The normalized spacial score (nSPS) is 11.9. The molecular weight excluding hydrogens is 260 g/mol. The third kappa shape index (κ3) is 4.39. The van der Waals surface area contributed by atoms with Gasteiger partial charge in [0.05, 0.1) is 25.4 Å². The molecule has 0 heterocycles. The molecule has 0 radical (unpaired) electrons. The van der Waals surface area contributed by atoms with Gasteiger partial charge in [0.25, 0.3) is 0 Å². The molecule has 0 saturated carbocycles. The van der Waals surface area contributed by atoms with Gasteiger partial charge in [-0.2, -0.15) is 8.78 Å². The Balaban J connectivity index is 2.76. The van der Waals surface area contributed by atoms with Crippen LogP contribution in [0.1, 0.15) is 5.56 Å². The fourth-order valence-electron chi connectivity index (χ4n) is 1.46. The maximum absolute atomic E-state index is 12.2. The van der Waals surface area contributed by atoms with Crippen LogP contribution in [-0.2, 0) is 6.54 Å². The van der Waals surface area contributed by atoms with Crippen molar-refractivity contribution in [3.05, 3.63) is 29.8 Å². The largest absolute Gasteiger partial charge is 0.434 e. The maximum Gasteiger partial charge on any atom is 0.387 e. The van der Waals surface area contributed by atoms with E-state index in [0.29, 0.717) is 5.56 Å². The summed E-state index contributed by atoms with van der Waals surface area (Å²) in [6.45, 7) is -4.34. The number of halogens is 2. The van der Waals surface area contributed by atoms with Crippen molar-refractivity contribution in [3.8, 4) is 5.75 Å². The molecule has 0 atom stereocenters. The molecule has 1 aromatic carbocycles. The van der Waals surface area contributed by atoms with Gasteiger partial charge in [-0.05, 0) is 6.07 Å². The second kappa shape index (κ2) is 7.34. The van der Waals surface area contributed by atoms with Gasteiger partial charge in [-0.3, -0.25) is 0 Å². The zero-order valence-electron chi connectivity index (χ0n) is 10.2. The van der Waals surface area contributed by atoms with E-state index in [1.807, 2.05) is 0 Å². The Kier molecular flexibility index (Phi) is 6.10. The lowest BCUT2D eigenvalue weighted by Gasteiger charge is -2.29. The molecule has 19 heavy (non-hydrogen) atoms. The standard InChI is InChI=1S/C12H17F2NO4/c13-11(14)19-10-4-2-1-3-9(10)5-15-12(6-16,7-17)8-18/h1-4,11,15-18H,5-8H2. The van der Waals surface area contributed by atoms with E-state index < -0.39 is 32.0 Å². The number of benzene rings is 1. The summed E-state index contributed by atoms with van der Waals surface area (Å²) in [7, 11) is 0. The quantitative estimate of drug-likeness (QED) is 0.541. The van der Waals surface area contributed by atoms with Gasteiger partial charge in [0.2, 0.25) is 0 Å². The molecule has 0 amide bonds. The van der Waals surface area contributed by atoms with E-state index in [2.05, 4.69) is 10.1 Å². The van der Waals surface area contributed by atoms with Crippen LogP contribution in [0.2, 0.25) is 0 Å². The van der Waals surface area contributed by atoms with Crippen molar-refractivity contribution in [1.82, 2.24) is 5.32 Å². The molecule has 0 aliphatic rings. The summed E-state index contributed by atoms with van der Waals surface area (Å²) in [6, 6.07) is 6.16. The van der Waals surface area contributed by atoms with Gasteiger partial charge in [0, 0.05) is 12.1 Å². The van der Waals surface area contributed by atoms with Crippen LogP contribution < -0.4 is 10.1 Å². The average molecular weight is 277 g/mol. The van der Waals surface area contributed by atoms with E-state index in [-0.39, 0.29) is 12.3 Å². The molecular formula is C12H17F2NO4. The number of aliphatic hydroxyl groups is 3. The van der Waals surface area contributed by atoms with Gasteiger partial charge < -0.3 is 25.4 Å². The molecule has 1 rings (SSSR count). The Labute approximate surface area is 109 Å². The van der Waals surface area contributed by atoms with Gasteiger partial charge in [-0.15, -0.1) is 0 Å². The van der Waals surface area contributed by atoms with Crippen molar-refractivity contribution in [2.24, 2.45) is 0 Å². The number of aliphatic hydroxyl groups excluding tert-OH is 3. The number of hydrogen-bond donors (Lipinski definition) is 4. The predicted molar refractivity (Wildman–Crippen MR) is 63.9 cm³/mol. The molecule has 5 nitrogen and oxygen atoms in total. The first-order valence-corrected chi connectivity index (χ1v) is 5.67. The van der Waals surface area contributed by atoms with Crippen molar-refractivity contribution < 1.29 is 28.8 Å². The Morgan fingerprint density at radius 2 is 1.68 bits per heavy atom. The van der Waals surface area contributed by atoms with Crippen LogP contribution in [-0.4, -0.2) is 47.3 Å². The van der Waals surface area contributed by atoms with Crippen LogP contribution >= 0.6 is 0 Å². The smallest absolute Gasteiger partial charge is 0.387 e. The number of hydrogen-bond acceptors (Lipinski definition) is 5. The van der Waals surface area contributed by atoms with Crippen molar-refractivity contribution >= 4 is 0 Å². The minimum Gasteiger partial charge on any atom is -0.434 e. The Hall–Kier alpha value is -1.28. The van der Waals surface area contributed by atoms with E-state index >= 15 is 0 Å². The van der Waals surface area contributed by atoms with Crippen LogP contribution in [0.5, 0.6) is 5.75 Å². The molecule has 1 aromatic rings. The minimum atomic E-state index is -2.93. The SMILES string of the molecule is OCC(CO)(CO)NCc1ccccc1OC(F)F. The maximum atomic E-state index is 12.2. The third-order valence-corrected chi connectivity index (χ3v) is 2.75. The highest BCUT2D eigenvalue weighted by Crippen LogP contribution is 2.20. The molecule has 0 fully saturated rings.